The second-order valence-electron chi connectivity index (χ2n) is 3.97. The average Bonchev–Trinajstić information content (AvgIpc) is 2.48. The van der Waals surface area contributed by atoms with E-state index in [2.05, 4.69) is 27.3 Å². The van der Waals surface area contributed by atoms with Crippen LogP contribution in [0, 0.1) is 11.3 Å². The van der Waals surface area contributed by atoms with Gasteiger partial charge in [-0.05, 0) is 46.5 Å². The molecule has 0 radical (unpaired) electrons. The van der Waals surface area contributed by atoms with E-state index in [4.69, 9.17) is 4.74 Å². The Bertz CT molecular complexity index is 667. The second kappa shape index (κ2) is 6.69. The van der Waals surface area contributed by atoms with Gasteiger partial charge in [-0.3, -0.25) is 0 Å². The standard InChI is InChI=1S/C15H13BrN2OS/c1-19-14-8-10(6-7-12(14)16)18-13-4-3-5-15(20-2)11(13)9-17/h3-8,18H,1-2H3. The largest absolute Gasteiger partial charge is 0.495 e. The van der Waals surface area contributed by atoms with Crippen LogP contribution in [0.15, 0.2) is 45.8 Å². The van der Waals surface area contributed by atoms with Gasteiger partial charge >= 0.3 is 0 Å². The van der Waals surface area contributed by atoms with Gasteiger partial charge in [0, 0.05) is 16.6 Å². The SMILES string of the molecule is COc1cc(Nc2cccc(SC)c2C#N)ccc1Br. The molecular formula is C15H13BrN2OS. The number of halogens is 1. The zero-order chi connectivity index (χ0) is 14.5. The fourth-order valence-electron chi connectivity index (χ4n) is 1.81. The summed E-state index contributed by atoms with van der Waals surface area (Å²) in [6.45, 7) is 0. The molecule has 0 saturated heterocycles. The molecule has 0 heterocycles. The highest BCUT2D eigenvalue weighted by Crippen LogP contribution is 2.32. The molecule has 0 bridgehead atoms. The number of hydrogen-bond donors (Lipinski definition) is 1. The van der Waals surface area contributed by atoms with Gasteiger partial charge in [0.15, 0.2) is 0 Å². The van der Waals surface area contributed by atoms with Gasteiger partial charge in [-0.25, -0.2) is 0 Å². The first kappa shape index (κ1) is 14.8. The van der Waals surface area contributed by atoms with Crippen molar-refractivity contribution in [2.24, 2.45) is 0 Å². The molecule has 0 aliphatic heterocycles. The van der Waals surface area contributed by atoms with Gasteiger partial charge in [0.05, 0.1) is 22.8 Å². The van der Waals surface area contributed by atoms with Crippen molar-refractivity contribution in [3.8, 4) is 11.8 Å². The van der Waals surface area contributed by atoms with Crippen molar-refractivity contribution >= 4 is 39.1 Å². The van der Waals surface area contributed by atoms with Gasteiger partial charge in [-0.15, -0.1) is 11.8 Å². The van der Waals surface area contributed by atoms with Crippen molar-refractivity contribution < 1.29 is 4.74 Å². The van der Waals surface area contributed by atoms with Crippen LogP contribution in [0.25, 0.3) is 0 Å². The smallest absolute Gasteiger partial charge is 0.135 e. The van der Waals surface area contributed by atoms with E-state index in [1.807, 2.05) is 42.7 Å². The molecule has 0 spiro atoms. The molecule has 5 heteroatoms. The van der Waals surface area contributed by atoms with Gasteiger partial charge in [0.1, 0.15) is 11.8 Å². The van der Waals surface area contributed by atoms with Gasteiger partial charge < -0.3 is 10.1 Å². The third-order valence-electron chi connectivity index (χ3n) is 2.79. The zero-order valence-corrected chi connectivity index (χ0v) is 13.5. The summed E-state index contributed by atoms with van der Waals surface area (Å²) in [6.07, 6.45) is 1.96. The number of nitriles is 1. The molecule has 0 aliphatic rings. The Morgan fingerprint density at radius 3 is 2.75 bits per heavy atom. The highest BCUT2D eigenvalue weighted by Gasteiger charge is 2.08. The molecule has 0 aromatic heterocycles. The van der Waals surface area contributed by atoms with Crippen molar-refractivity contribution in [1.29, 1.82) is 5.26 Å². The van der Waals surface area contributed by atoms with E-state index in [1.54, 1.807) is 18.9 Å². The van der Waals surface area contributed by atoms with Crippen LogP contribution in [0.2, 0.25) is 0 Å². The van der Waals surface area contributed by atoms with Gasteiger partial charge in [0.2, 0.25) is 0 Å². The number of nitrogens with one attached hydrogen (secondary N) is 1. The quantitative estimate of drug-likeness (QED) is 0.806. The van der Waals surface area contributed by atoms with Gasteiger partial charge in [-0.2, -0.15) is 5.26 Å². The maximum atomic E-state index is 9.32. The van der Waals surface area contributed by atoms with E-state index in [-0.39, 0.29) is 0 Å². The Morgan fingerprint density at radius 2 is 2.10 bits per heavy atom. The first-order valence-electron chi connectivity index (χ1n) is 5.87. The minimum Gasteiger partial charge on any atom is -0.495 e. The number of thioether (sulfide) groups is 1. The Morgan fingerprint density at radius 1 is 1.30 bits per heavy atom. The lowest BCUT2D eigenvalue weighted by atomic mass is 10.2. The van der Waals surface area contributed by atoms with Crippen LogP contribution in [-0.4, -0.2) is 13.4 Å². The number of hydrogen-bond acceptors (Lipinski definition) is 4. The predicted octanol–water partition coefficient (Wildman–Crippen LogP) is 4.79. The third kappa shape index (κ3) is 3.09. The first-order valence-corrected chi connectivity index (χ1v) is 7.89. The van der Waals surface area contributed by atoms with Crippen LogP contribution in [-0.2, 0) is 0 Å². The topological polar surface area (TPSA) is 45.0 Å². The first-order chi connectivity index (χ1) is 9.69. The summed E-state index contributed by atoms with van der Waals surface area (Å²) in [5, 5.41) is 12.6. The summed E-state index contributed by atoms with van der Waals surface area (Å²) in [5.41, 5.74) is 2.32. The summed E-state index contributed by atoms with van der Waals surface area (Å²) in [4.78, 5) is 0.960. The van der Waals surface area contributed by atoms with Crippen molar-refractivity contribution in [2.45, 2.75) is 4.90 Å². The molecule has 3 nitrogen and oxygen atoms in total. The maximum absolute atomic E-state index is 9.32. The van der Waals surface area contributed by atoms with E-state index < -0.39 is 0 Å². The molecule has 1 N–H and O–H groups in total. The Kier molecular flexibility index (Phi) is 4.94. The predicted molar refractivity (Wildman–Crippen MR) is 86.9 cm³/mol. The molecule has 0 fully saturated rings. The maximum Gasteiger partial charge on any atom is 0.135 e. The summed E-state index contributed by atoms with van der Waals surface area (Å²) in [5.74, 6) is 0.745. The normalized spacial score (nSPS) is 9.90. The number of benzene rings is 2. The van der Waals surface area contributed by atoms with E-state index in [1.165, 1.54) is 0 Å². The molecule has 0 unspecified atom stereocenters. The van der Waals surface area contributed by atoms with E-state index in [0.717, 1.165) is 26.5 Å². The lowest BCUT2D eigenvalue weighted by Gasteiger charge is -2.12. The monoisotopic (exact) mass is 348 g/mol. The molecule has 2 aromatic carbocycles. The van der Waals surface area contributed by atoms with Crippen LogP contribution in [0.3, 0.4) is 0 Å². The Hall–Kier alpha value is -1.64. The van der Waals surface area contributed by atoms with E-state index >= 15 is 0 Å². The van der Waals surface area contributed by atoms with Crippen molar-refractivity contribution in [3.05, 3.63) is 46.4 Å². The number of rotatable bonds is 4. The summed E-state index contributed by atoms with van der Waals surface area (Å²) >= 11 is 4.98. The second-order valence-corrected chi connectivity index (χ2v) is 5.67. The molecule has 20 heavy (non-hydrogen) atoms. The molecule has 102 valence electrons. The minimum absolute atomic E-state index is 0.655. The summed E-state index contributed by atoms with van der Waals surface area (Å²) in [6, 6.07) is 13.7. The van der Waals surface area contributed by atoms with Crippen LogP contribution < -0.4 is 10.1 Å². The van der Waals surface area contributed by atoms with Gasteiger partial charge in [-0.1, -0.05) is 6.07 Å². The lowest BCUT2D eigenvalue weighted by Crippen LogP contribution is -1.96. The Labute approximate surface area is 131 Å². The molecule has 2 rings (SSSR count). The zero-order valence-electron chi connectivity index (χ0n) is 11.1. The fourth-order valence-corrected chi connectivity index (χ4v) is 2.80. The third-order valence-corrected chi connectivity index (χ3v) is 4.22. The highest BCUT2D eigenvalue weighted by molar-refractivity contribution is 9.10. The van der Waals surface area contributed by atoms with Crippen molar-refractivity contribution in [2.75, 3.05) is 18.7 Å². The van der Waals surface area contributed by atoms with Crippen LogP contribution >= 0.6 is 27.7 Å². The summed E-state index contributed by atoms with van der Waals surface area (Å²) < 4.78 is 6.16. The van der Waals surface area contributed by atoms with Crippen molar-refractivity contribution in [1.82, 2.24) is 0 Å². The molecule has 0 aliphatic carbocycles. The van der Waals surface area contributed by atoms with E-state index in [0.29, 0.717) is 5.56 Å². The molecule has 0 atom stereocenters. The molecular weight excluding hydrogens is 336 g/mol. The molecule has 0 saturated carbocycles. The number of methoxy groups -OCH3 is 1. The van der Waals surface area contributed by atoms with Crippen molar-refractivity contribution in [3.63, 3.8) is 0 Å². The van der Waals surface area contributed by atoms with E-state index in [9.17, 15) is 5.26 Å². The number of nitrogens with zero attached hydrogens (tertiary/aromatic N) is 1. The molecule has 2 aromatic rings. The minimum atomic E-state index is 0.655. The Balaban J connectivity index is 2.38. The highest BCUT2D eigenvalue weighted by atomic mass is 79.9. The fraction of sp³-hybridized carbons (Fsp3) is 0.133. The van der Waals surface area contributed by atoms with Gasteiger partial charge in [0.25, 0.3) is 0 Å². The average molecular weight is 349 g/mol. The summed E-state index contributed by atoms with van der Waals surface area (Å²) in [7, 11) is 1.62. The van der Waals surface area contributed by atoms with Crippen LogP contribution in [0.4, 0.5) is 11.4 Å². The van der Waals surface area contributed by atoms with Crippen LogP contribution in [0.1, 0.15) is 5.56 Å². The lowest BCUT2D eigenvalue weighted by molar-refractivity contribution is 0.412. The number of ether oxygens (including phenoxy) is 1. The molecule has 0 amide bonds. The van der Waals surface area contributed by atoms with Crippen LogP contribution in [0.5, 0.6) is 5.75 Å². The number of anilines is 2.